The van der Waals surface area contributed by atoms with Crippen molar-refractivity contribution in [3.8, 4) is 0 Å². The average molecular weight is 708 g/mol. The highest BCUT2D eigenvalue weighted by atomic mass is 32.1. The van der Waals surface area contributed by atoms with E-state index in [1.165, 1.54) is 25.6 Å². The minimum atomic E-state index is -1.12. The minimum absolute atomic E-state index is 0.0158. The first-order chi connectivity index (χ1) is 23.2. The molecule has 3 rings (SSSR count). The molecule has 0 aromatic carbocycles. The van der Waals surface area contributed by atoms with E-state index in [2.05, 4.69) is 16.0 Å². The number of nitrogens with zero attached hydrogens (tertiary/aromatic N) is 2. The van der Waals surface area contributed by atoms with Gasteiger partial charge in [-0.3, -0.25) is 19.2 Å². The second-order valence-electron chi connectivity index (χ2n) is 13.9. The van der Waals surface area contributed by atoms with Gasteiger partial charge in [-0.2, -0.15) is 0 Å². The van der Waals surface area contributed by atoms with Gasteiger partial charge >= 0.3 is 5.97 Å². The first-order valence-corrected chi connectivity index (χ1v) is 18.2. The molecule has 4 amide bonds. The van der Waals surface area contributed by atoms with Gasteiger partial charge in [0.05, 0.1) is 49.2 Å². The number of fused-ring (bicyclic) bond motifs is 1. The van der Waals surface area contributed by atoms with Crippen molar-refractivity contribution in [1.29, 1.82) is 0 Å². The molecule has 276 valence electrons. The number of carboxylic acid groups (broad SMARTS) is 1. The number of piperidine rings is 1. The molecule has 14 heteroatoms. The maximum absolute atomic E-state index is 14.2. The number of rotatable bonds is 20. The maximum atomic E-state index is 14.2. The Morgan fingerprint density at radius 3 is 2.31 bits per heavy atom. The van der Waals surface area contributed by atoms with Crippen molar-refractivity contribution < 1.29 is 38.6 Å². The number of hydrogen-bond donors (Lipinski definition) is 4. The zero-order valence-corrected chi connectivity index (χ0v) is 31.2. The third kappa shape index (κ3) is 10.0. The number of methoxy groups -OCH3 is 2. The summed E-state index contributed by atoms with van der Waals surface area (Å²) in [5.74, 6) is -2.64. The van der Waals surface area contributed by atoms with E-state index in [1.54, 1.807) is 25.9 Å². The van der Waals surface area contributed by atoms with Gasteiger partial charge in [0, 0.05) is 38.6 Å². The van der Waals surface area contributed by atoms with Gasteiger partial charge in [0.1, 0.15) is 6.04 Å². The zero-order valence-electron chi connectivity index (χ0n) is 30.4. The molecular formula is C35H57N5O8S. The first-order valence-electron chi connectivity index (χ1n) is 17.3. The summed E-state index contributed by atoms with van der Waals surface area (Å²) >= 11 is 1.43. The second-order valence-corrected chi connectivity index (χ2v) is 15.0. The van der Waals surface area contributed by atoms with Crippen molar-refractivity contribution >= 4 is 40.9 Å². The predicted octanol–water partition coefficient (Wildman–Crippen LogP) is 2.14. The van der Waals surface area contributed by atoms with Crippen molar-refractivity contribution in [3.05, 3.63) is 22.4 Å². The monoisotopic (exact) mass is 707 g/mol. The Kier molecular flexibility index (Phi) is 15.0. The van der Waals surface area contributed by atoms with E-state index in [9.17, 15) is 29.1 Å². The summed E-state index contributed by atoms with van der Waals surface area (Å²) in [7, 11) is 6.43. The van der Waals surface area contributed by atoms with Crippen molar-refractivity contribution in [2.45, 2.75) is 109 Å². The van der Waals surface area contributed by atoms with Crippen LogP contribution in [0.15, 0.2) is 17.5 Å². The van der Waals surface area contributed by atoms with E-state index in [0.717, 1.165) is 17.7 Å². The highest BCUT2D eigenvalue weighted by molar-refractivity contribution is 7.09. The van der Waals surface area contributed by atoms with Gasteiger partial charge in [0.15, 0.2) is 0 Å². The molecule has 0 spiro atoms. The number of thiophene rings is 1. The molecule has 0 radical (unpaired) electrons. The molecule has 1 aromatic heterocycles. The lowest BCUT2D eigenvalue weighted by Gasteiger charge is -2.40. The van der Waals surface area contributed by atoms with Crippen LogP contribution in [-0.2, 0) is 39.9 Å². The number of nitrogens with one attached hydrogen (secondary N) is 3. The molecule has 49 heavy (non-hydrogen) atoms. The number of ether oxygens (including phenoxy) is 2. The summed E-state index contributed by atoms with van der Waals surface area (Å²) in [6.07, 6.45) is 1.20. The van der Waals surface area contributed by atoms with Crippen molar-refractivity contribution in [3.63, 3.8) is 0 Å². The number of carboxylic acids is 1. The largest absolute Gasteiger partial charge is 0.480 e. The summed E-state index contributed by atoms with van der Waals surface area (Å²) in [6, 6.07) is 1.37. The molecule has 2 fully saturated rings. The summed E-state index contributed by atoms with van der Waals surface area (Å²) in [4.78, 5) is 69.9. The lowest BCUT2D eigenvalue weighted by molar-refractivity contribution is -0.148. The topological polar surface area (TPSA) is 167 Å². The van der Waals surface area contributed by atoms with Crippen LogP contribution in [0.3, 0.4) is 0 Å². The van der Waals surface area contributed by atoms with Crippen LogP contribution in [0, 0.1) is 23.7 Å². The van der Waals surface area contributed by atoms with Crippen LogP contribution >= 0.6 is 11.3 Å². The Morgan fingerprint density at radius 1 is 1.08 bits per heavy atom. The Morgan fingerprint density at radius 2 is 1.78 bits per heavy atom. The molecule has 13 nitrogen and oxygen atoms in total. The van der Waals surface area contributed by atoms with Crippen molar-refractivity contribution in [1.82, 2.24) is 25.8 Å². The second kappa shape index (κ2) is 18.2. The Balaban J connectivity index is 1.73. The quantitative estimate of drug-likeness (QED) is 0.159. The van der Waals surface area contributed by atoms with Gasteiger partial charge in [-0.1, -0.05) is 47.1 Å². The highest BCUT2D eigenvalue weighted by Gasteiger charge is 2.57. The van der Waals surface area contributed by atoms with Gasteiger partial charge in [-0.25, -0.2) is 4.79 Å². The molecule has 1 saturated carbocycles. The summed E-state index contributed by atoms with van der Waals surface area (Å²) < 4.78 is 11.8. The fourth-order valence-corrected chi connectivity index (χ4v) is 8.08. The third-order valence-electron chi connectivity index (χ3n) is 10.4. The molecule has 1 aliphatic carbocycles. The SMILES string of the molecule is CC[C@H](C)[C@@H]([C@@H](CC(=O)N1[C@H]2CC2C[C@H]1[C@H](OC)[C@@H](C)C(=O)N[C@@H](Cc1cccs1)C(=O)O)OC)N(C)C(=O)CNC(=O)[C@@H](NC)C(C)C. The minimum Gasteiger partial charge on any atom is -0.480 e. The average Bonchev–Trinajstić information content (AvgIpc) is 3.43. The summed E-state index contributed by atoms with van der Waals surface area (Å²) in [6.45, 7) is 9.41. The van der Waals surface area contributed by atoms with Gasteiger partial charge < -0.3 is 40.3 Å². The summed E-state index contributed by atoms with van der Waals surface area (Å²) in [5.41, 5.74) is 0. The first kappa shape index (κ1) is 40.4. The van der Waals surface area contributed by atoms with Crippen LogP contribution in [0.5, 0.6) is 0 Å². The smallest absolute Gasteiger partial charge is 0.326 e. The Labute approximate surface area is 294 Å². The number of likely N-dealkylation sites (tertiary alicyclic amines) is 1. The lowest BCUT2D eigenvalue weighted by Crippen LogP contribution is -2.56. The molecular weight excluding hydrogens is 650 g/mol. The zero-order chi connectivity index (χ0) is 36.6. The van der Waals surface area contributed by atoms with Crippen LogP contribution < -0.4 is 16.0 Å². The number of aliphatic carboxylic acids is 1. The molecule has 4 N–H and O–H groups in total. The maximum Gasteiger partial charge on any atom is 0.326 e. The predicted molar refractivity (Wildman–Crippen MR) is 187 cm³/mol. The Bertz CT molecular complexity index is 1280. The molecule has 1 unspecified atom stereocenters. The standard InChI is InChI=1S/C35H57N5O8S/c1-10-20(4)31(39(7)29(42)18-37-34(44)30(36-6)19(2)3)27(47-8)17-28(41)40-25-14-22(25)15-26(40)32(48-9)21(5)33(43)38-24(35(45)46)16-23-12-11-13-49-23/h11-13,19-22,24-27,30-32,36H,10,14-18H2,1-9H3,(H,37,44)(H,38,43)(H,45,46)/t20-,21+,22?,24-,25-,26-,27+,30-,31-,32+/m0/s1. The normalized spacial score (nSPS) is 22.7. The molecule has 10 atom stereocenters. The van der Waals surface area contributed by atoms with Gasteiger partial charge in [0.25, 0.3) is 0 Å². The molecule has 1 aromatic rings. The number of amides is 4. The fraction of sp³-hybridized carbons (Fsp3) is 0.743. The van der Waals surface area contributed by atoms with E-state index in [1.807, 2.05) is 50.1 Å². The van der Waals surface area contributed by atoms with Crippen LogP contribution in [0.4, 0.5) is 0 Å². The highest BCUT2D eigenvalue weighted by Crippen LogP contribution is 2.50. The third-order valence-corrected chi connectivity index (χ3v) is 11.3. The van der Waals surface area contributed by atoms with Crippen molar-refractivity contribution in [2.24, 2.45) is 23.7 Å². The number of carbonyl (C=O) groups excluding carboxylic acids is 4. The molecule has 1 saturated heterocycles. The summed E-state index contributed by atoms with van der Waals surface area (Å²) in [5, 5.41) is 20.1. The van der Waals surface area contributed by atoms with Crippen LogP contribution in [0.1, 0.15) is 65.2 Å². The van der Waals surface area contributed by atoms with E-state index >= 15 is 0 Å². The van der Waals surface area contributed by atoms with Crippen LogP contribution in [0.25, 0.3) is 0 Å². The van der Waals surface area contributed by atoms with Gasteiger partial charge in [-0.15, -0.1) is 11.3 Å². The van der Waals surface area contributed by atoms with E-state index in [4.69, 9.17) is 9.47 Å². The molecule has 2 heterocycles. The van der Waals surface area contributed by atoms with Crippen LogP contribution in [-0.4, -0.2) is 122 Å². The molecule has 2 aliphatic rings. The number of likely N-dealkylation sites (N-methyl/N-ethyl adjacent to an activating group) is 2. The van der Waals surface area contributed by atoms with Gasteiger partial charge in [-0.05, 0) is 49.1 Å². The van der Waals surface area contributed by atoms with Crippen LogP contribution in [0.2, 0.25) is 0 Å². The van der Waals surface area contributed by atoms with E-state index in [0.29, 0.717) is 12.3 Å². The van der Waals surface area contributed by atoms with Crippen molar-refractivity contribution in [2.75, 3.05) is 34.9 Å². The van der Waals surface area contributed by atoms with E-state index in [-0.39, 0.29) is 61.0 Å². The number of carbonyl (C=O) groups is 5. The molecule has 1 aliphatic heterocycles. The molecule has 0 bridgehead atoms. The fourth-order valence-electron chi connectivity index (χ4n) is 7.33. The van der Waals surface area contributed by atoms with Gasteiger partial charge in [0.2, 0.25) is 23.6 Å². The number of hydrogen-bond acceptors (Lipinski definition) is 9. The Hall–Kier alpha value is -3.07. The lowest BCUT2D eigenvalue weighted by atomic mass is 9.90. The van der Waals surface area contributed by atoms with E-state index < -0.39 is 48.1 Å².